The number of nitro benzene ring substituents is 1. The van der Waals surface area contributed by atoms with E-state index in [-0.39, 0.29) is 5.56 Å². The third kappa shape index (κ3) is 3.22. The molecule has 2 aromatic rings. The van der Waals surface area contributed by atoms with E-state index >= 15 is 0 Å². The van der Waals surface area contributed by atoms with Gasteiger partial charge in [0.1, 0.15) is 11.4 Å². The molecule has 108 valence electrons. The highest BCUT2D eigenvalue weighted by molar-refractivity contribution is 6.07. The Kier molecular flexibility index (Phi) is 3.98. The number of nitrogens with zero attached hydrogens (tertiary/aromatic N) is 1. The van der Waals surface area contributed by atoms with Crippen molar-refractivity contribution in [2.24, 2.45) is 0 Å². The van der Waals surface area contributed by atoms with Gasteiger partial charge in [0.2, 0.25) is 0 Å². The number of nitro groups is 1. The molecule has 0 bridgehead atoms. The van der Waals surface area contributed by atoms with Crippen LogP contribution in [0.15, 0.2) is 36.4 Å². The van der Waals surface area contributed by atoms with Gasteiger partial charge in [-0.25, -0.2) is 4.39 Å². The van der Waals surface area contributed by atoms with Crippen LogP contribution >= 0.6 is 0 Å². The second kappa shape index (κ2) is 5.70. The monoisotopic (exact) mass is 288 g/mol. The minimum absolute atomic E-state index is 0.178. The first-order chi connectivity index (χ1) is 9.88. The molecule has 0 aliphatic heterocycles. The van der Waals surface area contributed by atoms with Crippen molar-refractivity contribution in [1.82, 2.24) is 0 Å². The highest BCUT2D eigenvalue weighted by atomic mass is 19.1. The van der Waals surface area contributed by atoms with Gasteiger partial charge in [0.25, 0.3) is 11.6 Å². The van der Waals surface area contributed by atoms with Crippen molar-refractivity contribution in [2.75, 3.05) is 5.32 Å². The number of hydrogen-bond acceptors (Lipinski definition) is 3. The van der Waals surface area contributed by atoms with Crippen molar-refractivity contribution in [1.29, 1.82) is 0 Å². The largest absolute Gasteiger partial charge is 0.322 e. The van der Waals surface area contributed by atoms with Gasteiger partial charge in [-0.2, -0.15) is 0 Å². The average Bonchev–Trinajstić information content (AvgIpc) is 2.42. The molecular weight excluding hydrogens is 275 g/mol. The van der Waals surface area contributed by atoms with E-state index in [1.165, 1.54) is 0 Å². The molecule has 6 heteroatoms. The topological polar surface area (TPSA) is 72.2 Å². The molecule has 0 aliphatic carbocycles. The smallest absolute Gasteiger partial charge is 0.285 e. The number of rotatable bonds is 3. The molecule has 2 rings (SSSR count). The van der Waals surface area contributed by atoms with Crippen LogP contribution in [0.5, 0.6) is 0 Å². The molecule has 0 aromatic heterocycles. The van der Waals surface area contributed by atoms with E-state index in [1.807, 2.05) is 26.0 Å². The van der Waals surface area contributed by atoms with Gasteiger partial charge in [0.05, 0.1) is 11.0 Å². The number of amides is 1. The van der Waals surface area contributed by atoms with Crippen LogP contribution in [0.4, 0.5) is 15.8 Å². The lowest BCUT2D eigenvalue weighted by Crippen LogP contribution is -2.15. The second-order valence-corrected chi connectivity index (χ2v) is 4.69. The summed E-state index contributed by atoms with van der Waals surface area (Å²) < 4.78 is 13.1. The molecule has 0 unspecified atom stereocenters. The molecule has 0 atom stereocenters. The van der Waals surface area contributed by atoms with Gasteiger partial charge in [0, 0.05) is 5.69 Å². The Balaban J connectivity index is 2.37. The van der Waals surface area contributed by atoms with Crippen molar-refractivity contribution in [3.8, 4) is 0 Å². The standard InChI is InChI=1S/C15H13FN2O3/c1-9-3-4-10(2)13(7-9)17-15(19)12-6-5-11(16)8-14(12)18(20)21/h3-8H,1-2H3,(H,17,19). The van der Waals surface area contributed by atoms with Gasteiger partial charge < -0.3 is 5.32 Å². The number of carbonyl (C=O) groups is 1. The van der Waals surface area contributed by atoms with E-state index in [0.29, 0.717) is 5.69 Å². The maximum atomic E-state index is 13.1. The summed E-state index contributed by atoms with van der Waals surface area (Å²) in [6.07, 6.45) is 0. The van der Waals surface area contributed by atoms with Crippen LogP contribution in [0.25, 0.3) is 0 Å². The van der Waals surface area contributed by atoms with E-state index in [9.17, 15) is 19.3 Å². The predicted octanol–water partition coefficient (Wildman–Crippen LogP) is 3.60. The van der Waals surface area contributed by atoms with E-state index < -0.39 is 22.3 Å². The molecule has 21 heavy (non-hydrogen) atoms. The van der Waals surface area contributed by atoms with Crippen molar-refractivity contribution in [3.63, 3.8) is 0 Å². The fourth-order valence-corrected chi connectivity index (χ4v) is 1.91. The van der Waals surface area contributed by atoms with Crippen molar-refractivity contribution >= 4 is 17.3 Å². The van der Waals surface area contributed by atoms with Crippen LogP contribution in [0.2, 0.25) is 0 Å². The number of aryl methyl sites for hydroxylation is 2. The lowest BCUT2D eigenvalue weighted by molar-refractivity contribution is -0.385. The number of anilines is 1. The molecule has 1 N–H and O–H groups in total. The van der Waals surface area contributed by atoms with Gasteiger partial charge in [-0.1, -0.05) is 12.1 Å². The number of benzene rings is 2. The van der Waals surface area contributed by atoms with E-state index in [1.54, 1.807) is 6.07 Å². The molecule has 0 spiro atoms. The summed E-state index contributed by atoms with van der Waals surface area (Å²) in [6.45, 7) is 3.68. The second-order valence-electron chi connectivity index (χ2n) is 4.69. The lowest BCUT2D eigenvalue weighted by atomic mass is 10.1. The van der Waals surface area contributed by atoms with Crippen LogP contribution in [-0.2, 0) is 0 Å². The van der Waals surface area contributed by atoms with E-state index in [2.05, 4.69) is 5.32 Å². The molecule has 0 fully saturated rings. The summed E-state index contributed by atoms with van der Waals surface area (Å²) in [6, 6.07) is 8.36. The molecule has 0 saturated carbocycles. The Labute approximate surface area is 120 Å². The van der Waals surface area contributed by atoms with Gasteiger partial charge in [-0.15, -0.1) is 0 Å². The number of halogens is 1. The van der Waals surface area contributed by atoms with Gasteiger partial charge in [-0.05, 0) is 43.2 Å². The minimum atomic E-state index is -0.777. The zero-order valence-corrected chi connectivity index (χ0v) is 11.5. The molecular formula is C15H13FN2O3. The van der Waals surface area contributed by atoms with Crippen LogP contribution < -0.4 is 5.32 Å². The van der Waals surface area contributed by atoms with E-state index in [4.69, 9.17) is 0 Å². The normalized spacial score (nSPS) is 10.2. The minimum Gasteiger partial charge on any atom is -0.322 e. The number of nitrogens with one attached hydrogen (secondary N) is 1. The fraction of sp³-hybridized carbons (Fsp3) is 0.133. The summed E-state index contributed by atoms with van der Waals surface area (Å²) in [5, 5.41) is 13.5. The Morgan fingerprint density at radius 2 is 1.90 bits per heavy atom. The summed E-state index contributed by atoms with van der Waals surface area (Å²) >= 11 is 0. The Morgan fingerprint density at radius 1 is 1.19 bits per heavy atom. The quantitative estimate of drug-likeness (QED) is 0.692. The molecule has 0 heterocycles. The number of hydrogen-bond donors (Lipinski definition) is 1. The average molecular weight is 288 g/mol. The lowest BCUT2D eigenvalue weighted by Gasteiger charge is -2.09. The third-order valence-electron chi connectivity index (χ3n) is 3.04. The summed E-state index contributed by atoms with van der Waals surface area (Å²) in [5.74, 6) is -1.40. The van der Waals surface area contributed by atoms with Crippen LogP contribution in [0.3, 0.4) is 0 Å². The first kappa shape index (κ1) is 14.6. The highest BCUT2D eigenvalue weighted by Crippen LogP contribution is 2.23. The Bertz CT molecular complexity index is 729. The summed E-state index contributed by atoms with van der Waals surface area (Å²) in [5.41, 5.74) is 1.61. The Hall–Kier alpha value is -2.76. The first-order valence-electron chi connectivity index (χ1n) is 6.21. The maximum Gasteiger partial charge on any atom is 0.285 e. The summed E-state index contributed by atoms with van der Waals surface area (Å²) in [4.78, 5) is 22.3. The highest BCUT2D eigenvalue weighted by Gasteiger charge is 2.21. The summed E-state index contributed by atoms with van der Waals surface area (Å²) in [7, 11) is 0. The Morgan fingerprint density at radius 3 is 2.57 bits per heavy atom. The number of carbonyl (C=O) groups excluding carboxylic acids is 1. The zero-order valence-electron chi connectivity index (χ0n) is 11.5. The molecule has 1 amide bonds. The SMILES string of the molecule is Cc1ccc(C)c(NC(=O)c2ccc(F)cc2[N+](=O)[O-])c1. The molecule has 5 nitrogen and oxygen atoms in total. The van der Waals surface area contributed by atoms with Crippen molar-refractivity contribution in [3.05, 3.63) is 69.0 Å². The van der Waals surface area contributed by atoms with Crippen LogP contribution in [0.1, 0.15) is 21.5 Å². The van der Waals surface area contributed by atoms with Gasteiger partial charge in [-0.3, -0.25) is 14.9 Å². The molecule has 0 aliphatic rings. The predicted molar refractivity (Wildman–Crippen MR) is 76.9 cm³/mol. The molecule has 2 aromatic carbocycles. The first-order valence-corrected chi connectivity index (χ1v) is 6.21. The molecule has 0 radical (unpaired) electrons. The molecule has 0 saturated heterocycles. The zero-order chi connectivity index (χ0) is 15.6. The van der Waals surface area contributed by atoms with E-state index in [0.717, 1.165) is 29.3 Å². The maximum absolute atomic E-state index is 13.1. The van der Waals surface area contributed by atoms with Gasteiger partial charge in [0.15, 0.2) is 0 Å². The van der Waals surface area contributed by atoms with Gasteiger partial charge >= 0.3 is 0 Å². The third-order valence-corrected chi connectivity index (χ3v) is 3.04. The van der Waals surface area contributed by atoms with Crippen LogP contribution in [-0.4, -0.2) is 10.8 Å². The van der Waals surface area contributed by atoms with Crippen molar-refractivity contribution < 1.29 is 14.1 Å². The fourth-order valence-electron chi connectivity index (χ4n) is 1.91. The van der Waals surface area contributed by atoms with Crippen LogP contribution in [0, 0.1) is 29.8 Å². The van der Waals surface area contributed by atoms with Crippen molar-refractivity contribution in [2.45, 2.75) is 13.8 Å².